The van der Waals surface area contributed by atoms with E-state index in [0.717, 1.165) is 47.2 Å². The Morgan fingerprint density at radius 1 is 1.15 bits per heavy atom. The van der Waals surface area contributed by atoms with Crippen LogP contribution in [0.5, 0.6) is 0 Å². The van der Waals surface area contributed by atoms with Gasteiger partial charge in [0.15, 0.2) is 5.82 Å². The van der Waals surface area contributed by atoms with E-state index in [1.54, 1.807) is 23.5 Å². The van der Waals surface area contributed by atoms with Gasteiger partial charge in [-0.1, -0.05) is 0 Å². The smallest absolute Gasteiger partial charge is 0.248 e. The second kappa shape index (κ2) is 8.02. The molecule has 142 valence electrons. The molecule has 1 amide bonds. The fourth-order valence-corrected chi connectivity index (χ4v) is 4.09. The van der Waals surface area contributed by atoms with E-state index in [4.69, 9.17) is 15.7 Å². The molecule has 6 nitrogen and oxygen atoms in total. The monoisotopic (exact) mass is 384 g/mol. The lowest BCUT2D eigenvalue weighted by molar-refractivity contribution is -0.910. The minimum absolute atomic E-state index is 0.431. The highest BCUT2D eigenvalue weighted by atomic mass is 32.1. The Bertz CT molecular complexity index is 961. The Balaban J connectivity index is 2.02. The molecular weight excluding hydrogens is 358 g/mol. The van der Waals surface area contributed by atoms with Gasteiger partial charge in [0.25, 0.3) is 0 Å². The third kappa shape index (κ3) is 4.09. The highest BCUT2D eigenvalue weighted by molar-refractivity contribution is 7.18. The van der Waals surface area contributed by atoms with Crippen molar-refractivity contribution in [2.75, 3.05) is 18.4 Å². The highest BCUT2D eigenvalue weighted by Gasteiger charge is 2.17. The zero-order valence-electron chi connectivity index (χ0n) is 16.2. The van der Waals surface area contributed by atoms with Crippen LogP contribution in [0.2, 0.25) is 0 Å². The number of rotatable bonds is 7. The van der Waals surface area contributed by atoms with Gasteiger partial charge in [-0.2, -0.15) is 0 Å². The first-order chi connectivity index (χ1) is 12.9. The molecular formula is C20H26N5OS+. The summed E-state index contributed by atoms with van der Waals surface area (Å²) in [6.45, 7) is 11.5. The summed E-state index contributed by atoms with van der Waals surface area (Å²) in [6.07, 6.45) is 0. The number of nitrogens with zero attached hydrogens (tertiary/aromatic N) is 2. The Kier molecular flexibility index (Phi) is 5.72. The fraction of sp³-hybridized carbons (Fsp3) is 0.350. The number of aryl methyl sites for hydroxylation is 2. The Morgan fingerprint density at radius 3 is 2.41 bits per heavy atom. The molecule has 0 saturated heterocycles. The first-order valence-electron chi connectivity index (χ1n) is 9.20. The zero-order valence-corrected chi connectivity index (χ0v) is 17.0. The van der Waals surface area contributed by atoms with Crippen molar-refractivity contribution in [1.82, 2.24) is 9.97 Å². The van der Waals surface area contributed by atoms with Gasteiger partial charge in [-0.05, 0) is 57.5 Å². The van der Waals surface area contributed by atoms with E-state index in [9.17, 15) is 4.79 Å². The summed E-state index contributed by atoms with van der Waals surface area (Å²) in [5.41, 5.74) is 7.88. The van der Waals surface area contributed by atoms with Crippen LogP contribution in [0.3, 0.4) is 0 Å². The zero-order chi connectivity index (χ0) is 19.6. The van der Waals surface area contributed by atoms with E-state index < -0.39 is 5.91 Å². The van der Waals surface area contributed by atoms with Gasteiger partial charge in [0.05, 0.1) is 18.5 Å². The average molecular weight is 385 g/mol. The van der Waals surface area contributed by atoms with Crippen molar-refractivity contribution in [3.63, 3.8) is 0 Å². The Labute approximate surface area is 163 Å². The summed E-state index contributed by atoms with van der Waals surface area (Å²) in [5.74, 6) is 1.23. The van der Waals surface area contributed by atoms with E-state index >= 15 is 0 Å². The van der Waals surface area contributed by atoms with E-state index in [1.165, 1.54) is 15.3 Å². The molecule has 4 N–H and O–H groups in total. The minimum Gasteiger partial charge on any atom is -0.366 e. The molecule has 0 bridgehead atoms. The van der Waals surface area contributed by atoms with Crippen LogP contribution in [0, 0.1) is 13.8 Å². The molecule has 0 aliphatic heterocycles. The number of carbonyl (C=O) groups excluding carboxylic acids is 1. The molecule has 0 aliphatic rings. The van der Waals surface area contributed by atoms with Gasteiger partial charge >= 0.3 is 0 Å². The van der Waals surface area contributed by atoms with Gasteiger partial charge in [-0.25, -0.2) is 9.97 Å². The van der Waals surface area contributed by atoms with Crippen molar-refractivity contribution in [3.05, 3.63) is 46.1 Å². The molecule has 0 atom stereocenters. The first-order valence-corrected chi connectivity index (χ1v) is 10.0. The Hall–Kier alpha value is -2.51. The fourth-order valence-electron chi connectivity index (χ4n) is 3.04. The van der Waals surface area contributed by atoms with Gasteiger partial charge in [-0.15, -0.1) is 11.3 Å². The molecule has 0 saturated carbocycles. The summed E-state index contributed by atoms with van der Waals surface area (Å²) in [6, 6.07) is 7.13. The molecule has 0 fully saturated rings. The van der Waals surface area contributed by atoms with Crippen molar-refractivity contribution in [2.24, 2.45) is 5.73 Å². The van der Waals surface area contributed by atoms with E-state index in [1.807, 2.05) is 12.1 Å². The Morgan fingerprint density at radius 2 is 1.81 bits per heavy atom. The number of nitrogens with two attached hydrogens (primary N) is 1. The molecule has 1 aromatic carbocycles. The number of amides is 1. The maximum absolute atomic E-state index is 11.3. The molecule has 3 aromatic rings. The third-order valence-corrected chi connectivity index (χ3v) is 6.02. The van der Waals surface area contributed by atoms with Crippen molar-refractivity contribution in [1.29, 1.82) is 0 Å². The lowest BCUT2D eigenvalue weighted by atomic mass is 10.2. The minimum atomic E-state index is -0.431. The lowest BCUT2D eigenvalue weighted by Crippen LogP contribution is -3.10. The number of hydrogen-bond donors (Lipinski definition) is 3. The van der Waals surface area contributed by atoms with Crippen molar-refractivity contribution in [2.45, 2.75) is 34.2 Å². The molecule has 7 heteroatoms. The molecule has 3 rings (SSSR count). The molecule has 0 radical (unpaired) electrons. The van der Waals surface area contributed by atoms with Gasteiger partial charge in [-0.3, -0.25) is 4.79 Å². The number of thiophene rings is 1. The predicted molar refractivity (Wildman–Crippen MR) is 111 cm³/mol. The summed E-state index contributed by atoms with van der Waals surface area (Å²) in [7, 11) is 0. The van der Waals surface area contributed by atoms with Crippen LogP contribution in [-0.2, 0) is 6.54 Å². The highest BCUT2D eigenvalue weighted by Crippen LogP contribution is 2.34. The number of anilines is 2. The second-order valence-electron chi connectivity index (χ2n) is 6.65. The number of fused-ring (bicyclic) bond motifs is 1. The normalized spacial score (nSPS) is 11.3. The number of quaternary nitrogens is 1. The van der Waals surface area contributed by atoms with Crippen LogP contribution < -0.4 is 16.0 Å². The molecule has 0 spiro atoms. The number of benzene rings is 1. The van der Waals surface area contributed by atoms with Gasteiger partial charge < -0.3 is 16.0 Å². The van der Waals surface area contributed by atoms with E-state index in [0.29, 0.717) is 5.56 Å². The summed E-state index contributed by atoms with van der Waals surface area (Å²) in [4.78, 5) is 24.6. The van der Waals surface area contributed by atoms with Crippen LogP contribution in [-0.4, -0.2) is 29.0 Å². The summed E-state index contributed by atoms with van der Waals surface area (Å²) in [5, 5.41) is 4.48. The summed E-state index contributed by atoms with van der Waals surface area (Å²) >= 11 is 1.70. The number of hydrogen-bond acceptors (Lipinski definition) is 5. The maximum atomic E-state index is 11.3. The quantitative estimate of drug-likeness (QED) is 0.584. The predicted octanol–water partition coefficient (Wildman–Crippen LogP) is 2.58. The van der Waals surface area contributed by atoms with E-state index in [2.05, 4.69) is 33.0 Å². The largest absolute Gasteiger partial charge is 0.366 e. The second-order valence-corrected chi connectivity index (χ2v) is 7.86. The van der Waals surface area contributed by atoms with Crippen molar-refractivity contribution < 1.29 is 9.69 Å². The molecule has 0 unspecified atom stereocenters. The van der Waals surface area contributed by atoms with Crippen LogP contribution >= 0.6 is 11.3 Å². The molecule has 0 aliphatic carbocycles. The maximum Gasteiger partial charge on any atom is 0.248 e. The van der Waals surface area contributed by atoms with Gasteiger partial charge in [0.2, 0.25) is 5.91 Å². The SMILES string of the molecule is CC[NH+](CC)Cc1nc(Nc2ccc(C(N)=O)cc2)c2c(C)c(C)sc2n1. The van der Waals surface area contributed by atoms with Crippen LogP contribution in [0.4, 0.5) is 11.5 Å². The lowest BCUT2D eigenvalue weighted by Gasteiger charge is -2.15. The van der Waals surface area contributed by atoms with E-state index in [-0.39, 0.29) is 0 Å². The molecule has 2 heterocycles. The number of carbonyl (C=O) groups is 1. The average Bonchev–Trinajstić information content (AvgIpc) is 2.94. The topological polar surface area (TPSA) is 85.3 Å². The van der Waals surface area contributed by atoms with Crippen LogP contribution in [0.15, 0.2) is 24.3 Å². The van der Waals surface area contributed by atoms with Gasteiger partial charge in [0, 0.05) is 16.1 Å². The standard InChI is InChI=1S/C20H25N5OS/c1-5-25(6-2)11-16-23-19(17-12(3)13(4)27-20(17)24-16)22-15-9-7-14(8-10-15)18(21)26/h7-10H,5-6,11H2,1-4H3,(H2,21,26)(H,22,23,24)/p+1. The number of primary amides is 1. The van der Waals surface area contributed by atoms with Gasteiger partial charge in [0.1, 0.15) is 17.2 Å². The third-order valence-electron chi connectivity index (χ3n) is 4.92. The molecule has 2 aromatic heterocycles. The van der Waals surface area contributed by atoms with Crippen LogP contribution in [0.25, 0.3) is 10.2 Å². The van der Waals surface area contributed by atoms with Crippen molar-refractivity contribution in [3.8, 4) is 0 Å². The van der Waals surface area contributed by atoms with Crippen molar-refractivity contribution >= 4 is 39.0 Å². The molecule has 27 heavy (non-hydrogen) atoms. The first kappa shape index (κ1) is 19.3. The summed E-state index contributed by atoms with van der Waals surface area (Å²) < 4.78 is 0. The van der Waals surface area contributed by atoms with Crippen LogP contribution in [0.1, 0.15) is 40.5 Å². The number of nitrogens with one attached hydrogen (secondary N) is 2. The number of aromatic nitrogens is 2.